The number of likely N-dealkylation sites (tertiary alicyclic amines) is 1. The van der Waals surface area contributed by atoms with Crippen LogP contribution in [-0.2, 0) is 4.79 Å². The molecule has 0 bridgehead atoms. The third-order valence-corrected chi connectivity index (χ3v) is 3.42. The summed E-state index contributed by atoms with van der Waals surface area (Å²) in [4.78, 5) is 13.7. The van der Waals surface area contributed by atoms with Crippen molar-refractivity contribution in [2.24, 2.45) is 0 Å². The molecule has 98 valence electrons. The molecule has 1 heterocycles. The average Bonchev–Trinajstić information content (AvgIpc) is 2.73. The van der Waals surface area contributed by atoms with Gasteiger partial charge in [0, 0.05) is 24.6 Å². The summed E-state index contributed by atoms with van der Waals surface area (Å²) in [5.41, 5.74) is 0.727. The highest BCUT2D eigenvalue weighted by molar-refractivity contribution is 5.78. The lowest BCUT2D eigenvalue weighted by molar-refractivity contribution is -0.130. The van der Waals surface area contributed by atoms with Crippen LogP contribution in [0.1, 0.15) is 44.2 Å². The summed E-state index contributed by atoms with van der Waals surface area (Å²) in [6.45, 7) is 2.81. The molecule has 0 aromatic heterocycles. The first-order chi connectivity index (χ1) is 8.63. The molecule has 4 heteroatoms. The van der Waals surface area contributed by atoms with Gasteiger partial charge in [0.05, 0.1) is 6.04 Å². The van der Waals surface area contributed by atoms with Crippen molar-refractivity contribution in [1.29, 1.82) is 0 Å². The van der Waals surface area contributed by atoms with Gasteiger partial charge in [-0.3, -0.25) is 4.79 Å². The third-order valence-electron chi connectivity index (χ3n) is 3.42. The first-order valence-corrected chi connectivity index (χ1v) is 6.44. The van der Waals surface area contributed by atoms with Gasteiger partial charge < -0.3 is 15.1 Å². The van der Waals surface area contributed by atoms with Crippen molar-refractivity contribution in [3.8, 4) is 11.5 Å². The number of amides is 1. The van der Waals surface area contributed by atoms with E-state index >= 15 is 0 Å². The number of carbonyl (C=O) groups excluding carboxylic acids is 1. The molecule has 2 N–H and O–H groups in total. The summed E-state index contributed by atoms with van der Waals surface area (Å²) in [6, 6.07) is 4.51. The zero-order chi connectivity index (χ0) is 13.1. The first-order valence-electron chi connectivity index (χ1n) is 6.44. The van der Waals surface area contributed by atoms with E-state index in [2.05, 4.69) is 6.92 Å². The van der Waals surface area contributed by atoms with Gasteiger partial charge in [0.15, 0.2) is 0 Å². The zero-order valence-electron chi connectivity index (χ0n) is 10.6. The smallest absolute Gasteiger partial charge is 0.223 e. The number of hydrogen-bond donors (Lipinski definition) is 2. The van der Waals surface area contributed by atoms with Gasteiger partial charge in [-0.25, -0.2) is 0 Å². The molecule has 1 aromatic rings. The van der Waals surface area contributed by atoms with E-state index in [9.17, 15) is 15.0 Å². The summed E-state index contributed by atoms with van der Waals surface area (Å²) >= 11 is 0. The molecule has 1 unspecified atom stereocenters. The van der Waals surface area contributed by atoms with E-state index < -0.39 is 0 Å². The quantitative estimate of drug-likeness (QED) is 0.862. The van der Waals surface area contributed by atoms with Gasteiger partial charge >= 0.3 is 0 Å². The molecule has 1 aliphatic heterocycles. The van der Waals surface area contributed by atoms with Crippen LogP contribution in [0.4, 0.5) is 0 Å². The molecule has 1 fully saturated rings. The Morgan fingerprint density at radius 1 is 1.39 bits per heavy atom. The maximum atomic E-state index is 11.8. The molecular weight excluding hydrogens is 230 g/mol. The normalized spacial score (nSPS) is 17.2. The Morgan fingerprint density at radius 2 is 2.17 bits per heavy atom. The Kier molecular flexibility index (Phi) is 3.75. The second-order valence-electron chi connectivity index (χ2n) is 4.74. The lowest BCUT2D eigenvalue weighted by atomic mass is 9.99. The largest absolute Gasteiger partial charge is 0.508 e. The summed E-state index contributed by atoms with van der Waals surface area (Å²) in [5.74, 6) is 0.258. The zero-order valence-corrected chi connectivity index (χ0v) is 10.6. The molecule has 0 spiro atoms. The van der Waals surface area contributed by atoms with Crippen LogP contribution in [0.3, 0.4) is 0 Å². The maximum absolute atomic E-state index is 11.8. The van der Waals surface area contributed by atoms with E-state index in [4.69, 9.17) is 0 Å². The fourth-order valence-electron chi connectivity index (χ4n) is 2.57. The van der Waals surface area contributed by atoms with E-state index in [1.165, 1.54) is 6.07 Å². The van der Waals surface area contributed by atoms with Crippen LogP contribution in [-0.4, -0.2) is 27.6 Å². The van der Waals surface area contributed by atoms with Gasteiger partial charge in [0.25, 0.3) is 0 Å². The highest BCUT2D eigenvalue weighted by Gasteiger charge is 2.29. The van der Waals surface area contributed by atoms with Crippen LogP contribution in [0, 0.1) is 0 Å². The van der Waals surface area contributed by atoms with Gasteiger partial charge in [-0.15, -0.1) is 0 Å². The van der Waals surface area contributed by atoms with Crippen LogP contribution in [0.2, 0.25) is 0 Å². The number of benzene rings is 1. The number of carbonyl (C=O) groups is 1. The molecule has 1 aliphatic rings. The fourth-order valence-corrected chi connectivity index (χ4v) is 2.57. The Bertz CT molecular complexity index is 445. The number of phenolic OH excluding ortho intramolecular Hbond substituents is 2. The predicted molar refractivity (Wildman–Crippen MR) is 68.4 cm³/mol. The molecular formula is C14H19NO3. The fraction of sp³-hybridized carbons (Fsp3) is 0.500. The minimum absolute atomic E-state index is 0.0410. The van der Waals surface area contributed by atoms with E-state index in [1.807, 2.05) is 4.90 Å². The van der Waals surface area contributed by atoms with Crippen molar-refractivity contribution < 1.29 is 15.0 Å². The molecule has 0 saturated carbocycles. The molecule has 4 nitrogen and oxygen atoms in total. The second kappa shape index (κ2) is 5.29. The van der Waals surface area contributed by atoms with Gasteiger partial charge in [0.1, 0.15) is 11.5 Å². The predicted octanol–water partition coefficient (Wildman–Crippen LogP) is 2.56. The number of nitrogens with zero attached hydrogens (tertiary/aromatic N) is 1. The SMILES string of the molecule is CCCC(c1ccc(O)cc1O)N1CCCC1=O. The van der Waals surface area contributed by atoms with Crippen LogP contribution in [0.15, 0.2) is 18.2 Å². The molecule has 1 atom stereocenters. The van der Waals surface area contributed by atoms with E-state index in [0.717, 1.165) is 31.4 Å². The molecule has 1 aromatic carbocycles. The van der Waals surface area contributed by atoms with Crippen molar-refractivity contribution in [2.45, 2.75) is 38.6 Å². The van der Waals surface area contributed by atoms with Crippen LogP contribution in [0.25, 0.3) is 0 Å². The van der Waals surface area contributed by atoms with Gasteiger partial charge in [-0.1, -0.05) is 13.3 Å². The minimum Gasteiger partial charge on any atom is -0.508 e. The van der Waals surface area contributed by atoms with Crippen molar-refractivity contribution in [3.05, 3.63) is 23.8 Å². The number of aromatic hydroxyl groups is 2. The van der Waals surface area contributed by atoms with Crippen LogP contribution < -0.4 is 0 Å². The Morgan fingerprint density at radius 3 is 2.72 bits per heavy atom. The van der Waals surface area contributed by atoms with E-state index in [0.29, 0.717) is 6.42 Å². The second-order valence-corrected chi connectivity index (χ2v) is 4.74. The van der Waals surface area contributed by atoms with Gasteiger partial charge in [-0.05, 0) is 25.0 Å². The number of phenols is 2. The standard InChI is InChI=1S/C14H19NO3/c1-2-4-12(15-8-3-5-14(15)18)11-7-6-10(16)9-13(11)17/h6-7,9,12,16-17H,2-5,8H2,1H3. The summed E-state index contributed by atoms with van der Waals surface area (Å²) < 4.78 is 0. The molecule has 2 rings (SSSR count). The van der Waals surface area contributed by atoms with Crippen molar-refractivity contribution in [2.75, 3.05) is 6.54 Å². The van der Waals surface area contributed by atoms with E-state index in [1.54, 1.807) is 12.1 Å². The highest BCUT2D eigenvalue weighted by Crippen LogP contribution is 2.36. The van der Waals surface area contributed by atoms with Crippen LogP contribution >= 0.6 is 0 Å². The van der Waals surface area contributed by atoms with Crippen molar-refractivity contribution in [3.63, 3.8) is 0 Å². The Hall–Kier alpha value is -1.71. The van der Waals surface area contributed by atoms with E-state index in [-0.39, 0.29) is 23.4 Å². The maximum Gasteiger partial charge on any atom is 0.223 e. The average molecular weight is 249 g/mol. The molecule has 0 aliphatic carbocycles. The van der Waals surface area contributed by atoms with Gasteiger partial charge in [0.2, 0.25) is 5.91 Å². The minimum atomic E-state index is -0.0781. The summed E-state index contributed by atoms with van der Waals surface area (Å²) in [6.07, 6.45) is 3.25. The van der Waals surface area contributed by atoms with Crippen LogP contribution in [0.5, 0.6) is 11.5 Å². The third kappa shape index (κ3) is 2.42. The van der Waals surface area contributed by atoms with Crippen molar-refractivity contribution in [1.82, 2.24) is 4.90 Å². The number of rotatable bonds is 4. The molecule has 1 amide bonds. The molecule has 0 radical (unpaired) electrons. The van der Waals surface area contributed by atoms with Gasteiger partial charge in [-0.2, -0.15) is 0 Å². The molecule has 1 saturated heterocycles. The summed E-state index contributed by atoms with van der Waals surface area (Å²) in [7, 11) is 0. The first kappa shape index (κ1) is 12.7. The Balaban J connectivity index is 2.31. The lowest BCUT2D eigenvalue weighted by Crippen LogP contribution is -2.29. The number of hydrogen-bond acceptors (Lipinski definition) is 3. The Labute approximate surface area is 107 Å². The lowest BCUT2D eigenvalue weighted by Gasteiger charge is -2.28. The monoisotopic (exact) mass is 249 g/mol. The van der Waals surface area contributed by atoms with Crippen molar-refractivity contribution >= 4 is 5.91 Å². The highest BCUT2D eigenvalue weighted by atomic mass is 16.3. The molecule has 18 heavy (non-hydrogen) atoms. The summed E-state index contributed by atoms with van der Waals surface area (Å²) in [5, 5.41) is 19.3. The topological polar surface area (TPSA) is 60.8 Å².